The highest BCUT2D eigenvalue weighted by Gasteiger charge is 2.08. The minimum Gasteiger partial charge on any atom is -0.380 e. The summed E-state index contributed by atoms with van der Waals surface area (Å²) < 4.78 is 0. The van der Waals surface area contributed by atoms with Crippen molar-refractivity contribution in [3.8, 4) is 0 Å². The van der Waals surface area contributed by atoms with E-state index in [0.717, 1.165) is 0 Å². The van der Waals surface area contributed by atoms with Gasteiger partial charge in [0.25, 0.3) is 5.69 Å². The Hall–Kier alpha value is -2.44. The quantitative estimate of drug-likeness (QED) is 0.268. The number of benzene rings is 1. The molecular formula is C9H9N3O4. The normalized spacial score (nSPS) is 10.9. The molecule has 0 radical (unpaired) electrons. The molecule has 0 fully saturated rings. The summed E-state index contributed by atoms with van der Waals surface area (Å²) in [6.07, 6.45) is 0. The lowest BCUT2D eigenvalue weighted by molar-refractivity contribution is -0.384. The van der Waals surface area contributed by atoms with E-state index in [0.29, 0.717) is 5.56 Å². The lowest BCUT2D eigenvalue weighted by atomic mass is 10.2. The molecule has 0 aliphatic heterocycles. The molecule has 7 heteroatoms. The van der Waals surface area contributed by atoms with Crippen LogP contribution in [0.3, 0.4) is 0 Å². The first-order valence-corrected chi connectivity index (χ1v) is 4.26. The summed E-state index contributed by atoms with van der Waals surface area (Å²) in [5, 5.41) is 13.8. The van der Waals surface area contributed by atoms with Gasteiger partial charge in [-0.15, -0.1) is 0 Å². The SMILES string of the molecule is CC(=O)O/N=C(/N)c1cccc([N+](=O)[O-])c1. The minimum absolute atomic E-state index is 0.0982. The van der Waals surface area contributed by atoms with Crippen LogP contribution in [0, 0.1) is 10.1 Å². The summed E-state index contributed by atoms with van der Waals surface area (Å²) >= 11 is 0. The van der Waals surface area contributed by atoms with Crippen molar-refractivity contribution in [2.24, 2.45) is 10.9 Å². The number of nitrogens with two attached hydrogens (primary N) is 1. The first-order valence-electron chi connectivity index (χ1n) is 4.26. The molecule has 0 saturated carbocycles. The molecule has 1 rings (SSSR count). The van der Waals surface area contributed by atoms with Crippen LogP contribution < -0.4 is 5.73 Å². The van der Waals surface area contributed by atoms with Crippen molar-refractivity contribution in [1.29, 1.82) is 0 Å². The summed E-state index contributed by atoms with van der Waals surface area (Å²) in [5.41, 5.74) is 5.67. The number of amidine groups is 1. The van der Waals surface area contributed by atoms with Gasteiger partial charge in [-0.05, 0) is 0 Å². The third-order valence-electron chi connectivity index (χ3n) is 1.63. The number of rotatable bonds is 3. The topological polar surface area (TPSA) is 108 Å². The van der Waals surface area contributed by atoms with Crippen LogP contribution in [0.5, 0.6) is 0 Å². The highest BCUT2D eigenvalue weighted by atomic mass is 16.7. The molecule has 0 spiro atoms. The Morgan fingerprint density at radius 1 is 1.56 bits per heavy atom. The molecule has 1 aromatic carbocycles. The lowest BCUT2D eigenvalue weighted by Crippen LogP contribution is -2.14. The van der Waals surface area contributed by atoms with Crippen LogP contribution in [0.15, 0.2) is 29.4 Å². The van der Waals surface area contributed by atoms with Gasteiger partial charge in [-0.2, -0.15) is 0 Å². The molecule has 7 nitrogen and oxygen atoms in total. The Morgan fingerprint density at radius 3 is 2.81 bits per heavy atom. The Balaban J connectivity index is 2.95. The van der Waals surface area contributed by atoms with Crippen LogP contribution in [0.4, 0.5) is 5.69 Å². The fraction of sp³-hybridized carbons (Fsp3) is 0.111. The largest absolute Gasteiger partial charge is 0.380 e. The highest BCUT2D eigenvalue weighted by Crippen LogP contribution is 2.12. The van der Waals surface area contributed by atoms with E-state index in [1.165, 1.54) is 31.2 Å². The average Bonchev–Trinajstić information content (AvgIpc) is 2.26. The van der Waals surface area contributed by atoms with E-state index in [-0.39, 0.29) is 11.5 Å². The summed E-state index contributed by atoms with van der Waals surface area (Å²) in [6.45, 7) is 1.17. The summed E-state index contributed by atoms with van der Waals surface area (Å²) in [7, 11) is 0. The molecule has 1 aromatic rings. The molecule has 0 aliphatic carbocycles. The smallest absolute Gasteiger partial charge is 0.332 e. The molecule has 0 bridgehead atoms. The number of hydrogen-bond acceptors (Lipinski definition) is 5. The van der Waals surface area contributed by atoms with E-state index in [1.807, 2.05) is 0 Å². The molecular weight excluding hydrogens is 214 g/mol. The lowest BCUT2D eigenvalue weighted by Gasteiger charge is -1.99. The van der Waals surface area contributed by atoms with E-state index >= 15 is 0 Å². The third kappa shape index (κ3) is 3.05. The van der Waals surface area contributed by atoms with Crippen molar-refractivity contribution in [3.63, 3.8) is 0 Å². The highest BCUT2D eigenvalue weighted by molar-refractivity contribution is 5.97. The van der Waals surface area contributed by atoms with Crippen molar-refractivity contribution >= 4 is 17.5 Å². The zero-order valence-electron chi connectivity index (χ0n) is 8.41. The van der Waals surface area contributed by atoms with Crippen molar-refractivity contribution < 1.29 is 14.6 Å². The van der Waals surface area contributed by atoms with Gasteiger partial charge in [0.05, 0.1) is 4.92 Å². The molecule has 0 aromatic heterocycles. The monoisotopic (exact) mass is 223 g/mol. The number of carbonyl (C=O) groups is 1. The second kappa shape index (κ2) is 4.87. The second-order valence-corrected chi connectivity index (χ2v) is 2.87. The van der Waals surface area contributed by atoms with Gasteiger partial charge in [0.15, 0.2) is 5.84 Å². The van der Waals surface area contributed by atoms with Crippen molar-refractivity contribution in [1.82, 2.24) is 0 Å². The molecule has 84 valence electrons. The Bertz CT molecular complexity index is 456. The van der Waals surface area contributed by atoms with Crippen LogP contribution in [0.2, 0.25) is 0 Å². The zero-order chi connectivity index (χ0) is 12.1. The Kier molecular flexibility index (Phi) is 3.54. The number of oxime groups is 1. The fourth-order valence-electron chi connectivity index (χ4n) is 0.945. The number of carbonyl (C=O) groups excluding carboxylic acids is 1. The summed E-state index contributed by atoms with van der Waals surface area (Å²) in [4.78, 5) is 24.7. The van der Waals surface area contributed by atoms with Crippen LogP contribution >= 0.6 is 0 Å². The molecule has 16 heavy (non-hydrogen) atoms. The second-order valence-electron chi connectivity index (χ2n) is 2.87. The first kappa shape index (κ1) is 11.6. The van der Waals surface area contributed by atoms with Gasteiger partial charge in [0, 0.05) is 24.6 Å². The maximum Gasteiger partial charge on any atom is 0.332 e. The Labute approximate surface area is 90.6 Å². The van der Waals surface area contributed by atoms with E-state index in [1.54, 1.807) is 0 Å². The van der Waals surface area contributed by atoms with Crippen LogP contribution in [-0.4, -0.2) is 16.7 Å². The van der Waals surface area contributed by atoms with Gasteiger partial charge in [0.2, 0.25) is 0 Å². The molecule has 0 heterocycles. The minimum atomic E-state index is -0.617. The summed E-state index contributed by atoms with van der Waals surface area (Å²) in [6, 6.07) is 5.55. The van der Waals surface area contributed by atoms with E-state index in [9.17, 15) is 14.9 Å². The molecule has 2 N–H and O–H groups in total. The van der Waals surface area contributed by atoms with Gasteiger partial charge in [-0.3, -0.25) is 10.1 Å². The van der Waals surface area contributed by atoms with Crippen LogP contribution in [0.1, 0.15) is 12.5 Å². The van der Waals surface area contributed by atoms with Crippen molar-refractivity contribution in [3.05, 3.63) is 39.9 Å². The first-order chi connectivity index (χ1) is 7.50. The van der Waals surface area contributed by atoms with Gasteiger partial charge in [-0.25, -0.2) is 4.79 Å². The maximum absolute atomic E-state index is 10.5. The number of nitro groups is 1. The predicted octanol–water partition coefficient (Wildman–Crippen LogP) is 0.778. The van der Waals surface area contributed by atoms with Crippen molar-refractivity contribution in [2.75, 3.05) is 0 Å². The average molecular weight is 223 g/mol. The van der Waals surface area contributed by atoms with Gasteiger partial charge in [0.1, 0.15) is 0 Å². The fourth-order valence-corrected chi connectivity index (χ4v) is 0.945. The molecule has 0 unspecified atom stereocenters. The molecule has 0 saturated heterocycles. The van der Waals surface area contributed by atoms with Gasteiger partial charge < -0.3 is 10.6 Å². The molecule has 0 atom stereocenters. The third-order valence-corrected chi connectivity index (χ3v) is 1.63. The number of nitro benzene ring substituents is 1. The summed E-state index contributed by atoms with van der Waals surface area (Å²) in [5.74, 6) is -0.715. The van der Waals surface area contributed by atoms with Crippen LogP contribution in [0.25, 0.3) is 0 Å². The number of non-ortho nitro benzene ring substituents is 1. The van der Waals surface area contributed by atoms with Gasteiger partial charge in [-0.1, -0.05) is 17.3 Å². The van der Waals surface area contributed by atoms with E-state index < -0.39 is 10.9 Å². The van der Waals surface area contributed by atoms with Crippen molar-refractivity contribution in [2.45, 2.75) is 6.92 Å². The van der Waals surface area contributed by atoms with E-state index in [4.69, 9.17) is 5.73 Å². The number of nitrogens with zero attached hydrogens (tertiary/aromatic N) is 2. The standard InChI is InChI=1S/C9H9N3O4/c1-6(13)16-11-9(10)7-3-2-4-8(5-7)12(14)15/h2-5H,1H3,(H2,10,11). The van der Waals surface area contributed by atoms with E-state index in [2.05, 4.69) is 9.99 Å². The Morgan fingerprint density at radius 2 is 2.25 bits per heavy atom. The predicted molar refractivity (Wildman–Crippen MR) is 55.6 cm³/mol. The maximum atomic E-state index is 10.5. The number of hydrogen-bond donors (Lipinski definition) is 1. The van der Waals surface area contributed by atoms with Gasteiger partial charge >= 0.3 is 5.97 Å². The zero-order valence-corrected chi connectivity index (χ0v) is 8.41. The van der Waals surface area contributed by atoms with Crippen LogP contribution in [-0.2, 0) is 9.63 Å². The molecule has 0 aliphatic rings. The molecule has 0 amide bonds.